The zero-order chi connectivity index (χ0) is 25.1. The van der Waals surface area contributed by atoms with Gasteiger partial charge in [0.25, 0.3) is 5.91 Å². The lowest BCUT2D eigenvalue weighted by Crippen LogP contribution is -2.39. The molecule has 2 amide bonds. The molecule has 1 aliphatic rings. The van der Waals surface area contributed by atoms with Crippen molar-refractivity contribution in [3.8, 4) is 11.3 Å². The quantitative estimate of drug-likeness (QED) is 0.438. The topological polar surface area (TPSA) is 128 Å². The van der Waals surface area contributed by atoms with Crippen molar-refractivity contribution in [1.82, 2.24) is 24.3 Å². The van der Waals surface area contributed by atoms with Crippen LogP contribution in [0.3, 0.4) is 0 Å². The molecule has 10 nitrogen and oxygen atoms in total. The van der Waals surface area contributed by atoms with Gasteiger partial charge in [-0.15, -0.1) is 0 Å². The first-order valence-corrected chi connectivity index (χ1v) is 11.9. The molecule has 4 aromatic rings. The number of anilines is 2. The summed E-state index contributed by atoms with van der Waals surface area (Å²) in [7, 11) is 0. The van der Waals surface area contributed by atoms with Crippen molar-refractivity contribution in [3.05, 3.63) is 72.4 Å². The fraction of sp³-hybridized carbons (Fsp3) is 0.269. The number of fused-ring (bicyclic) bond motifs is 1. The number of pyridine rings is 1. The van der Waals surface area contributed by atoms with Gasteiger partial charge in [-0.25, -0.2) is 19.7 Å². The van der Waals surface area contributed by atoms with E-state index < -0.39 is 0 Å². The van der Waals surface area contributed by atoms with Gasteiger partial charge in [0.2, 0.25) is 0 Å². The Bertz CT molecular complexity index is 1390. The molecule has 1 saturated heterocycles. The molecule has 0 saturated carbocycles. The summed E-state index contributed by atoms with van der Waals surface area (Å²) in [5, 5.41) is 2.78. The molecule has 3 N–H and O–H groups in total. The van der Waals surface area contributed by atoms with Crippen molar-refractivity contribution in [1.29, 1.82) is 0 Å². The third-order valence-corrected chi connectivity index (χ3v) is 6.25. The van der Waals surface area contributed by atoms with Crippen molar-refractivity contribution >= 4 is 29.2 Å². The molecule has 0 unspecified atom stereocenters. The van der Waals surface area contributed by atoms with E-state index in [1.54, 1.807) is 48.5 Å². The number of piperidine rings is 1. The van der Waals surface area contributed by atoms with E-state index in [0.29, 0.717) is 48.1 Å². The number of rotatable bonds is 5. The summed E-state index contributed by atoms with van der Waals surface area (Å²) in [6.07, 6.45) is 6.56. The highest BCUT2D eigenvalue weighted by Gasteiger charge is 2.30. The molecular formula is C26H27N7O3. The van der Waals surface area contributed by atoms with Gasteiger partial charge in [-0.3, -0.25) is 9.20 Å². The van der Waals surface area contributed by atoms with Crippen LogP contribution in [0.2, 0.25) is 0 Å². The number of likely N-dealkylation sites (tertiary alicyclic amines) is 1. The second-order valence-electron chi connectivity index (χ2n) is 8.58. The molecule has 1 aliphatic heterocycles. The molecule has 5 rings (SSSR count). The molecule has 4 heterocycles. The summed E-state index contributed by atoms with van der Waals surface area (Å²) < 4.78 is 7.16. The lowest BCUT2D eigenvalue weighted by molar-refractivity contribution is 0.0951. The highest BCUT2D eigenvalue weighted by atomic mass is 16.6. The van der Waals surface area contributed by atoms with E-state index >= 15 is 0 Å². The van der Waals surface area contributed by atoms with Gasteiger partial charge in [0.15, 0.2) is 0 Å². The molecule has 3 aromatic heterocycles. The minimum Gasteiger partial charge on any atom is -0.450 e. The van der Waals surface area contributed by atoms with Crippen LogP contribution >= 0.6 is 0 Å². The third kappa shape index (κ3) is 4.57. The molecule has 184 valence electrons. The van der Waals surface area contributed by atoms with E-state index in [2.05, 4.69) is 15.3 Å². The minimum atomic E-state index is -0.302. The Kier molecular flexibility index (Phi) is 6.48. The second kappa shape index (κ2) is 10.0. The molecule has 1 fully saturated rings. The molecule has 1 atom stereocenters. The van der Waals surface area contributed by atoms with Crippen molar-refractivity contribution in [2.75, 3.05) is 30.7 Å². The van der Waals surface area contributed by atoms with Crippen molar-refractivity contribution in [3.63, 3.8) is 0 Å². The molecule has 10 heteroatoms. The number of benzene rings is 1. The zero-order valence-electron chi connectivity index (χ0n) is 19.9. The lowest BCUT2D eigenvalue weighted by Gasteiger charge is -2.31. The number of carbonyl (C=O) groups excluding carboxylic acids is 2. The van der Waals surface area contributed by atoms with E-state index in [1.165, 1.54) is 0 Å². The maximum atomic E-state index is 12.6. The monoisotopic (exact) mass is 485 g/mol. The van der Waals surface area contributed by atoms with Crippen molar-refractivity contribution in [2.45, 2.75) is 25.7 Å². The summed E-state index contributed by atoms with van der Waals surface area (Å²) in [6.45, 7) is 3.33. The van der Waals surface area contributed by atoms with Gasteiger partial charge in [0.05, 0.1) is 6.61 Å². The second-order valence-corrected chi connectivity index (χ2v) is 8.58. The molecule has 0 spiro atoms. The molecule has 36 heavy (non-hydrogen) atoms. The number of imidazole rings is 1. The minimum absolute atomic E-state index is 0.0228. The predicted molar refractivity (Wildman–Crippen MR) is 136 cm³/mol. The smallest absolute Gasteiger partial charge is 0.409 e. The van der Waals surface area contributed by atoms with Crippen LogP contribution in [0.4, 0.5) is 16.4 Å². The Morgan fingerprint density at radius 3 is 2.72 bits per heavy atom. The predicted octanol–water partition coefficient (Wildman–Crippen LogP) is 3.96. The van der Waals surface area contributed by atoms with E-state index in [4.69, 9.17) is 15.5 Å². The Morgan fingerprint density at radius 1 is 1.14 bits per heavy atom. The maximum Gasteiger partial charge on any atom is 0.409 e. The van der Waals surface area contributed by atoms with Gasteiger partial charge in [-0.1, -0.05) is 18.2 Å². The standard InChI is InChI=1S/C26H27N7O3/c1-2-36-26(35)32-14-5-6-19(16-32)24-31-21(22-23(27)29-13-15-33(22)24)17-8-10-18(11-9-17)25(34)30-20-7-3-4-12-28-20/h3-4,7-13,15,19H,2,5-6,14,16H2,1H3,(H2,27,29)(H,28,30,34)/t19-/m1/s1. The summed E-state index contributed by atoms with van der Waals surface area (Å²) in [6, 6.07) is 12.5. The van der Waals surface area contributed by atoms with Crippen LogP contribution in [0.25, 0.3) is 16.8 Å². The van der Waals surface area contributed by atoms with Gasteiger partial charge in [-0.2, -0.15) is 0 Å². The van der Waals surface area contributed by atoms with Gasteiger partial charge in [0, 0.05) is 48.7 Å². The maximum absolute atomic E-state index is 12.6. The Labute approximate surface area is 208 Å². The SMILES string of the molecule is CCOC(=O)N1CCC[C@@H](c2nc(-c3ccc(C(=O)Nc4ccccn4)cc3)c3c(N)nccn23)C1. The Balaban J connectivity index is 1.45. The number of hydrogen-bond donors (Lipinski definition) is 2. The van der Waals surface area contributed by atoms with Crippen LogP contribution in [0, 0.1) is 0 Å². The molecule has 1 aromatic carbocycles. The van der Waals surface area contributed by atoms with Crippen LogP contribution in [0.15, 0.2) is 61.1 Å². The molecule has 0 bridgehead atoms. The van der Waals surface area contributed by atoms with Gasteiger partial charge >= 0.3 is 6.09 Å². The van der Waals surface area contributed by atoms with E-state index in [1.807, 2.05) is 28.8 Å². The van der Waals surface area contributed by atoms with Gasteiger partial charge in [-0.05, 0) is 44.0 Å². The Hall–Kier alpha value is -4.47. The number of aromatic nitrogens is 4. The van der Waals surface area contributed by atoms with E-state index in [0.717, 1.165) is 24.2 Å². The highest BCUT2D eigenvalue weighted by Crippen LogP contribution is 2.34. The summed E-state index contributed by atoms with van der Waals surface area (Å²) >= 11 is 0. The first kappa shape index (κ1) is 23.3. The number of nitrogens with one attached hydrogen (secondary N) is 1. The molecule has 0 aliphatic carbocycles. The summed E-state index contributed by atoms with van der Waals surface area (Å²) in [4.78, 5) is 40.1. The first-order valence-electron chi connectivity index (χ1n) is 11.9. The van der Waals surface area contributed by atoms with E-state index in [9.17, 15) is 9.59 Å². The number of nitrogens with two attached hydrogens (primary N) is 1. The number of nitrogen functional groups attached to an aromatic ring is 1. The van der Waals surface area contributed by atoms with E-state index in [-0.39, 0.29) is 17.9 Å². The van der Waals surface area contributed by atoms with Gasteiger partial charge < -0.3 is 20.7 Å². The average Bonchev–Trinajstić information content (AvgIpc) is 3.31. The van der Waals surface area contributed by atoms with Crippen LogP contribution in [0.1, 0.15) is 41.9 Å². The van der Waals surface area contributed by atoms with Crippen LogP contribution in [0.5, 0.6) is 0 Å². The first-order chi connectivity index (χ1) is 17.5. The Morgan fingerprint density at radius 2 is 1.97 bits per heavy atom. The third-order valence-electron chi connectivity index (χ3n) is 6.25. The normalized spacial score (nSPS) is 15.6. The number of amides is 2. The number of carbonyl (C=O) groups is 2. The zero-order valence-corrected chi connectivity index (χ0v) is 19.9. The summed E-state index contributed by atoms with van der Waals surface area (Å²) in [5.41, 5.74) is 8.98. The molecule has 0 radical (unpaired) electrons. The van der Waals surface area contributed by atoms with Crippen LogP contribution in [-0.4, -0.2) is 55.9 Å². The average molecular weight is 486 g/mol. The van der Waals surface area contributed by atoms with Crippen LogP contribution in [-0.2, 0) is 4.74 Å². The number of ether oxygens (including phenoxy) is 1. The van der Waals surface area contributed by atoms with Gasteiger partial charge in [0.1, 0.15) is 28.7 Å². The van der Waals surface area contributed by atoms with Crippen molar-refractivity contribution < 1.29 is 14.3 Å². The fourth-order valence-electron chi connectivity index (χ4n) is 4.55. The van der Waals surface area contributed by atoms with Crippen molar-refractivity contribution in [2.24, 2.45) is 0 Å². The fourth-order valence-corrected chi connectivity index (χ4v) is 4.55. The number of hydrogen-bond acceptors (Lipinski definition) is 7. The largest absolute Gasteiger partial charge is 0.450 e. The lowest BCUT2D eigenvalue weighted by atomic mass is 9.97. The van der Waals surface area contributed by atoms with Crippen LogP contribution < -0.4 is 11.1 Å². The molecular weight excluding hydrogens is 458 g/mol. The summed E-state index contributed by atoms with van der Waals surface area (Å²) in [5.74, 6) is 1.44. The highest BCUT2D eigenvalue weighted by molar-refractivity contribution is 6.04. The number of nitrogens with zero attached hydrogens (tertiary/aromatic N) is 5.